The van der Waals surface area contributed by atoms with Gasteiger partial charge < -0.3 is 9.73 Å². The second-order valence-corrected chi connectivity index (χ2v) is 6.62. The summed E-state index contributed by atoms with van der Waals surface area (Å²) in [4.78, 5) is 15.8. The van der Waals surface area contributed by atoms with Crippen LogP contribution < -0.4 is 5.32 Å². The zero-order valence-corrected chi connectivity index (χ0v) is 11.5. The fourth-order valence-corrected chi connectivity index (χ4v) is 2.97. The average molecular weight is 287 g/mol. The molecule has 0 radical (unpaired) electrons. The van der Waals surface area contributed by atoms with E-state index in [1.807, 2.05) is 0 Å². The summed E-state index contributed by atoms with van der Waals surface area (Å²) in [6.45, 7) is 1.14. The van der Waals surface area contributed by atoms with Crippen LogP contribution in [0.25, 0.3) is 0 Å². The Kier molecular flexibility index (Phi) is 4.20. The quantitative estimate of drug-likeness (QED) is 0.839. The van der Waals surface area contributed by atoms with Gasteiger partial charge in [0, 0.05) is 19.0 Å². The molecule has 1 saturated heterocycles. The van der Waals surface area contributed by atoms with E-state index >= 15 is 0 Å². The first-order valence-corrected chi connectivity index (χ1v) is 7.91. The summed E-state index contributed by atoms with van der Waals surface area (Å²) in [5.74, 6) is -0.193. The molecule has 0 spiro atoms. The molecule has 8 heteroatoms. The number of oxazole rings is 1. The number of carbonyl (C=O) groups is 1. The van der Waals surface area contributed by atoms with Crippen LogP contribution in [0.15, 0.2) is 17.1 Å². The summed E-state index contributed by atoms with van der Waals surface area (Å²) < 4.78 is 28.9. The van der Waals surface area contributed by atoms with Gasteiger partial charge in [-0.05, 0) is 12.8 Å². The third-order valence-corrected chi connectivity index (χ3v) is 4.52. The van der Waals surface area contributed by atoms with Gasteiger partial charge in [0.05, 0.1) is 18.5 Å². The van der Waals surface area contributed by atoms with Crippen LogP contribution in [0.3, 0.4) is 0 Å². The van der Waals surface area contributed by atoms with Crippen molar-refractivity contribution in [1.29, 1.82) is 0 Å². The normalized spacial score (nSPS) is 18.4. The Balaban J connectivity index is 1.79. The average Bonchev–Trinajstić information content (AvgIpc) is 2.88. The molecule has 1 N–H and O–H groups in total. The van der Waals surface area contributed by atoms with Crippen LogP contribution in [0.1, 0.15) is 18.5 Å². The number of carbonyl (C=O) groups excluding carboxylic acids is 1. The first kappa shape index (κ1) is 14.0. The molecule has 0 aliphatic carbocycles. The minimum absolute atomic E-state index is 0.0591. The third-order valence-electron chi connectivity index (χ3n) is 3.22. The lowest BCUT2D eigenvalue weighted by Gasteiger charge is -2.29. The van der Waals surface area contributed by atoms with Crippen LogP contribution in [-0.2, 0) is 21.4 Å². The molecule has 1 aromatic rings. The molecule has 2 heterocycles. The van der Waals surface area contributed by atoms with Gasteiger partial charge in [0.15, 0.2) is 6.39 Å². The van der Waals surface area contributed by atoms with Gasteiger partial charge >= 0.3 is 0 Å². The van der Waals surface area contributed by atoms with Crippen LogP contribution in [0.2, 0.25) is 0 Å². The molecule has 0 unspecified atom stereocenters. The van der Waals surface area contributed by atoms with Crippen molar-refractivity contribution in [2.24, 2.45) is 5.92 Å². The molecule has 1 aromatic heterocycles. The Hall–Kier alpha value is -1.41. The maximum atomic E-state index is 11.9. The second-order valence-electron chi connectivity index (χ2n) is 4.63. The maximum absolute atomic E-state index is 11.9. The summed E-state index contributed by atoms with van der Waals surface area (Å²) in [5.41, 5.74) is 0.668. The molecule has 2 rings (SSSR count). The van der Waals surface area contributed by atoms with Gasteiger partial charge in [-0.3, -0.25) is 4.79 Å². The number of piperidine rings is 1. The minimum atomic E-state index is -3.14. The van der Waals surface area contributed by atoms with Gasteiger partial charge in [-0.25, -0.2) is 17.7 Å². The lowest BCUT2D eigenvalue weighted by molar-refractivity contribution is -0.126. The molecular formula is C11H17N3O4S. The molecule has 0 atom stereocenters. The van der Waals surface area contributed by atoms with Crippen molar-refractivity contribution in [2.75, 3.05) is 19.3 Å². The van der Waals surface area contributed by atoms with E-state index in [4.69, 9.17) is 4.42 Å². The van der Waals surface area contributed by atoms with Crippen molar-refractivity contribution in [3.63, 3.8) is 0 Å². The number of nitrogens with zero attached hydrogens (tertiary/aromatic N) is 2. The van der Waals surface area contributed by atoms with Crippen LogP contribution in [-0.4, -0.2) is 43.0 Å². The number of hydrogen-bond acceptors (Lipinski definition) is 5. The SMILES string of the molecule is CS(=O)(=O)N1CCC(C(=O)NCc2cocn2)CC1. The monoisotopic (exact) mass is 287 g/mol. The highest BCUT2D eigenvalue weighted by molar-refractivity contribution is 7.88. The highest BCUT2D eigenvalue weighted by atomic mass is 32.2. The summed E-state index contributed by atoms with van der Waals surface area (Å²) in [6, 6.07) is 0. The van der Waals surface area contributed by atoms with Crippen molar-refractivity contribution in [3.05, 3.63) is 18.4 Å². The van der Waals surface area contributed by atoms with Crippen molar-refractivity contribution >= 4 is 15.9 Å². The highest BCUT2D eigenvalue weighted by Crippen LogP contribution is 2.19. The molecule has 106 valence electrons. The zero-order valence-electron chi connectivity index (χ0n) is 10.7. The Morgan fingerprint density at radius 2 is 2.21 bits per heavy atom. The summed E-state index contributed by atoms with van der Waals surface area (Å²) in [5, 5.41) is 2.78. The Morgan fingerprint density at radius 1 is 1.53 bits per heavy atom. The molecular weight excluding hydrogens is 270 g/mol. The molecule has 0 bridgehead atoms. The predicted molar refractivity (Wildman–Crippen MR) is 67.5 cm³/mol. The zero-order chi connectivity index (χ0) is 13.9. The lowest BCUT2D eigenvalue weighted by atomic mass is 9.97. The van der Waals surface area contributed by atoms with E-state index < -0.39 is 10.0 Å². The largest absolute Gasteiger partial charge is 0.451 e. The summed E-state index contributed by atoms with van der Waals surface area (Å²) >= 11 is 0. The molecule has 19 heavy (non-hydrogen) atoms. The van der Waals surface area contributed by atoms with Crippen molar-refractivity contribution in [1.82, 2.24) is 14.6 Å². The van der Waals surface area contributed by atoms with E-state index in [-0.39, 0.29) is 11.8 Å². The smallest absolute Gasteiger partial charge is 0.223 e. The first-order chi connectivity index (χ1) is 8.97. The van der Waals surface area contributed by atoms with Crippen molar-refractivity contribution in [3.8, 4) is 0 Å². The van der Waals surface area contributed by atoms with Gasteiger partial charge in [-0.1, -0.05) is 0 Å². The number of hydrogen-bond donors (Lipinski definition) is 1. The van der Waals surface area contributed by atoms with Crippen LogP contribution >= 0.6 is 0 Å². The highest BCUT2D eigenvalue weighted by Gasteiger charge is 2.28. The van der Waals surface area contributed by atoms with Crippen molar-refractivity contribution in [2.45, 2.75) is 19.4 Å². The van der Waals surface area contributed by atoms with Crippen LogP contribution in [0.4, 0.5) is 0 Å². The van der Waals surface area contributed by atoms with Crippen LogP contribution in [0.5, 0.6) is 0 Å². The standard InChI is InChI=1S/C11H17N3O4S/c1-19(16,17)14-4-2-9(3-5-14)11(15)12-6-10-7-18-8-13-10/h7-9H,2-6H2,1H3,(H,12,15). The van der Waals surface area contributed by atoms with Crippen LogP contribution in [0, 0.1) is 5.92 Å². The first-order valence-electron chi connectivity index (χ1n) is 6.06. The molecule has 0 saturated carbocycles. The van der Waals surface area contributed by atoms with E-state index in [0.29, 0.717) is 38.2 Å². The third kappa shape index (κ3) is 3.77. The van der Waals surface area contributed by atoms with Gasteiger partial charge in [-0.2, -0.15) is 0 Å². The number of rotatable bonds is 4. The minimum Gasteiger partial charge on any atom is -0.451 e. The predicted octanol–water partition coefficient (Wildman–Crippen LogP) is -0.0376. The number of amides is 1. The number of sulfonamides is 1. The van der Waals surface area contributed by atoms with E-state index in [9.17, 15) is 13.2 Å². The van der Waals surface area contributed by atoms with E-state index in [2.05, 4.69) is 10.3 Å². The Morgan fingerprint density at radius 3 is 2.74 bits per heavy atom. The second kappa shape index (κ2) is 5.70. The fourth-order valence-electron chi connectivity index (χ4n) is 2.10. The van der Waals surface area contributed by atoms with Gasteiger partial charge in [0.2, 0.25) is 15.9 Å². The molecule has 1 aliphatic rings. The van der Waals surface area contributed by atoms with Gasteiger partial charge in [0.25, 0.3) is 0 Å². The number of nitrogens with one attached hydrogen (secondary N) is 1. The molecule has 7 nitrogen and oxygen atoms in total. The fraction of sp³-hybridized carbons (Fsp3) is 0.636. The van der Waals surface area contributed by atoms with E-state index in [0.717, 1.165) is 0 Å². The Labute approximate surface area is 112 Å². The molecule has 1 aliphatic heterocycles. The summed E-state index contributed by atoms with van der Waals surface area (Å²) in [7, 11) is -3.14. The Bertz CT molecular complexity index is 518. The summed E-state index contributed by atoms with van der Waals surface area (Å²) in [6.07, 6.45) is 5.09. The lowest BCUT2D eigenvalue weighted by Crippen LogP contribution is -2.42. The molecule has 1 fully saturated rings. The molecule has 1 amide bonds. The van der Waals surface area contributed by atoms with Crippen molar-refractivity contribution < 1.29 is 17.6 Å². The molecule has 0 aromatic carbocycles. The maximum Gasteiger partial charge on any atom is 0.223 e. The van der Waals surface area contributed by atoms with E-state index in [1.54, 1.807) is 0 Å². The number of aromatic nitrogens is 1. The van der Waals surface area contributed by atoms with Gasteiger partial charge in [-0.15, -0.1) is 0 Å². The topological polar surface area (TPSA) is 92.5 Å². The van der Waals surface area contributed by atoms with E-state index in [1.165, 1.54) is 23.2 Å². The van der Waals surface area contributed by atoms with Gasteiger partial charge in [0.1, 0.15) is 6.26 Å².